The average Bonchev–Trinajstić information content (AvgIpc) is 2.61. The van der Waals surface area contributed by atoms with E-state index in [1.54, 1.807) is 25.1 Å². The Morgan fingerprint density at radius 1 is 1.19 bits per heavy atom. The third kappa shape index (κ3) is 4.37. The summed E-state index contributed by atoms with van der Waals surface area (Å²) in [4.78, 5) is 12.4. The number of sulfonamides is 1. The maximum absolute atomic E-state index is 12.8. The molecule has 2 rings (SSSR count). The van der Waals surface area contributed by atoms with Crippen LogP contribution in [0.2, 0.25) is 5.02 Å². The first-order valence-electron chi connectivity index (χ1n) is 8.32. The van der Waals surface area contributed by atoms with E-state index in [-0.39, 0.29) is 16.8 Å². The molecule has 140 valence electrons. The van der Waals surface area contributed by atoms with Gasteiger partial charge in [0.05, 0.1) is 10.6 Å². The van der Waals surface area contributed by atoms with Gasteiger partial charge in [-0.3, -0.25) is 9.10 Å². The van der Waals surface area contributed by atoms with Gasteiger partial charge >= 0.3 is 0 Å². The molecular weight excluding hydrogens is 372 g/mol. The Bertz CT molecular complexity index is 896. The highest BCUT2D eigenvalue weighted by Crippen LogP contribution is 2.26. The quantitative estimate of drug-likeness (QED) is 0.805. The molecule has 0 unspecified atom stereocenters. The maximum atomic E-state index is 12.8. The number of rotatable bonds is 6. The zero-order valence-electron chi connectivity index (χ0n) is 15.3. The first kappa shape index (κ1) is 20.3. The van der Waals surface area contributed by atoms with Gasteiger partial charge in [-0.1, -0.05) is 18.5 Å². The summed E-state index contributed by atoms with van der Waals surface area (Å²) < 4.78 is 26.8. The van der Waals surface area contributed by atoms with E-state index in [9.17, 15) is 13.2 Å². The molecule has 2 aromatic rings. The molecule has 2 aromatic carbocycles. The van der Waals surface area contributed by atoms with Crippen LogP contribution in [0.1, 0.15) is 36.2 Å². The topological polar surface area (TPSA) is 66.5 Å². The fourth-order valence-corrected chi connectivity index (χ4v) is 3.84. The van der Waals surface area contributed by atoms with E-state index in [0.717, 1.165) is 6.42 Å². The molecule has 0 aliphatic heterocycles. The molecule has 26 heavy (non-hydrogen) atoms. The number of amides is 1. The first-order valence-corrected chi connectivity index (χ1v) is 10.1. The summed E-state index contributed by atoms with van der Waals surface area (Å²) in [6, 6.07) is 11.1. The fraction of sp³-hybridized carbons (Fsp3) is 0.316. The second-order valence-electron chi connectivity index (χ2n) is 6.21. The zero-order valence-corrected chi connectivity index (χ0v) is 16.9. The van der Waals surface area contributed by atoms with Gasteiger partial charge in [0, 0.05) is 23.7 Å². The number of hydrogen-bond acceptors (Lipinski definition) is 3. The molecule has 7 heteroatoms. The lowest BCUT2D eigenvalue weighted by Crippen LogP contribution is -2.32. The van der Waals surface area contributed by atoms with Crippen molar-refractivity contribution in [3.63, 3.8) is 0 Å². The van der Waals surface area contributed by atoms with Crippen molar-refractivity contribution in [2.24, 2.45) is 0 Å². The summed E-state index contributed by atoms with van der Waals surface area (Å²) in [5.41, 5.74) is 1.71. The number of anilines is 1. The standard InChI is InChI=1S/C19H23ClN2O3S/c1-5-14(3)21-19(23)15-6-11-18(13(2)12-15)22(4)26(24,25)17-9-7-16(20)8-10-17/h6-12,14H,5H2,1-4H3,(H,21,23)/t14-/m0/s1. The Balaban J connectivity index is 2.31. The van der Waals surface area contributed by atoms with Gasteiger partial charge in [-0.15, -0.1) is 0 Å². The Hall–Kier alpha value is -2.05. The summed E-state index contributed by atoms with van der Waals surface area (Å²) in [6.45, 7) is 5.71. The molecule has 0 saturated carbocycles. The van der Waals surface area contributed by atoms with E-state index in [0.29, 0.717) is 21.8 Å². The van der Waals surface area contributed by atoms with Gasteiger partial charge in [-0.25, -0.2) is 8.42 Å². The van der Waals surface area contributed by atoms with Crippen LogP contribution in [0.5, 0.6) is 0 Å². The Morgan fingerprint density at radius 2 is 1.81 bits per heavy atom. The summed E-state index contributed by atoms with van der Waals surface area (Å²) in [7, 11) is -2.22. The number of halogens is 1. The summed E-state index contributed by atoms with van der Waals surface area (Å²) >= 11 is 5.83. The second kappa shape index (κ2) is 8.10. The van der Waals surface area contributed by atoms with Crippen molar-refractivity contribution in [1.29, 1.82) is 0 Å². The lowest BCUT2D eigenvalue weighted by atomic mass is 10.1. The number of nitrogens with zero attached hydrogens (tertiary/aromatic N) is 1. The molecule has 1 N–H and O–H groups in total. The Morgan fingerprint density at radius 3 is 2.35 bits per heavy atom. The van der Waals surface area contributed by atoms with E-state index in [1.807, 2.05) is 13.8 Å². The van der Waals surface area contributed by atoms with Gasteiger partial charge in [0.15, 0.2) is 0 Å². The molecule has 0 spiro atoms. The number of benzene rings is 2. The largest absolute Gasteiger partial charge is 0.350 e. The van der Waals surface area contributed by atoms with Gasteiger partial charge in [-0.2, -0.15) is 0 Å². The van der Waals surface area contributed by atoms with Crippen LogP contribution in [0, 0.1) is 6.92 Å². The van der Waals surface area contributed by atoms with E-state index < -0.39 is 10.0 Å². The molecule has 1 atom stereocenters. The van der Waals surface area contributed by atoms with Crippen molar-refractivity contribution < 1.29 is 13.2 Å². The SMILES string of the molecule is CC[C@H](C)NC(=O)c1ccc(N(C)S(=O)(=O)c2ccc(Cl)cc2)c(C)c1. The van der Waals surface area contributed by atoms with E-state index in [1.165, 1.54) is 35.6 Å². The number of nitrogens with one attached hydrogen (secondary N) is 1. The van der Waals surface area contributed by atoms with Crippen molar-refractivity contribution in [3.8, 4) is 0 Å². The van der Waals surface area contributed by atoms with Crippen LogP contribution in [-0.2, 0) is 10.0 Å². The number of carbonyl (C=O) groups is 1. The number of aryl methyl sites for hydroxylation is 1. The highest BCUT2D eigenvalue weighted by atomic mass is 35.5. The summed E-state index contributed by atoms with van der Waals surface area (Å²) in [6.07, 6.45) is 0.838. The molecule has 1 amide bonds. The van der Waals surface area contributed by atoms with Crippen LogP contribution < -0.4 is 9.62 Å². The molecule has 0 heterocycles. The minimum Gasteiger partial charge on any atom is -0.350 e. The van der Waals surface area contributed by atoms with Crippen molar-refractivity contribution in [1.82, 2.24) is 5.32 Å². The number of hydrogen-bond donors (Lipinski definition) is 1. The van der Waals surface area contributed by atoms with Crippen LogP contribution in [0.15, 0.2) is 47.4 Å². The van der Waals surface area contributed by atoms with E-state index in [4.69, 9.17) is 11.6 Å². The number of carbonyl (C=O) groups excluding carboxylic acids is 1. The van der Waals surface area contributed by atoms with Gasteiger partial charge in [0.2, 0.25) is 0 Å². The first-order chi connectivity index (χ1) is 12.2. The third-order valence-electron chi connectivity index (χ3n) is 4.26. The Labute approximate surface area is 160 Å². The highest BCUT2D eigenvalue weighted by Gasteiger charge is 2.23. The van der Waals surface area contributed by atoms with Crippen molar-refractivity contribution in [2.45, 2.75) is 38.1 Å². The van der Waals surface area contributed by atoms with Crippen molar-refractivity contribution in [2.75, 3.05) is 11.4 Å². The maximum Gasteiger partial charge on any atom is 0.264 e. The van der Waals surface area contributed by atoms with Crippen LogP contribution in [0.3, 0.4) is 0 Å². The highest BCUT2D eigenvalue weighted by molar-refractivity contribution is 7.92. The Kier molecular flexibility index (Phi) is 6.31. The van der Waals surface area contributed by atoms with Gasteiger partial charge < -0.3 is 5.32 Å². The monoisotopic (exact) mass is 394 g/mol. The molecular formula is C19H23ClN2O3S. The van der Waals surface area contributed by atoms with Gasteiger partial charge in [0.1, 0.15) is 0 Å². The lowest BCUT2D eigenvalue weighted by molar-refractivity contribution is 0.0939. The van der Waals surface area contributed by atoms with Gasteiger partial charge in [0.25, 0.3) is 15.9 Å². The van der Waals surface area contributed by atoms with Gasteiger partial charge in [-0.05, 0) is 68.3 Å². The third-order valence-corrected chi connectivity index (χ3v) is 6.30. The molecule has 5 nitrogen and oxygen atoms in total. The molecule has 0 aromatic heterocycles. The van der Waals surface area contributed by atoms with Crippen LogP contribution in [0.4, 0.5) is 5.69 Å². The molecule has 0 aliphatic carbocycles. The normalized spacial score (nSPS) is 12.5. The molecule has 0 saturated heterocycles. The molecule has 0 radical (unpaired) electrons. The predicted octanol–water partition coefficient (Wildman–Crippen LogP) is 4.00. The average molecular weight is 395 g/mol. The minimum atomic E-state index is -3.71. The zero-order chi connectivity index (χ0) is 19.5. The summed E-state index contributed by atoms with van der Waals surface area (Å²) in [5, 5.41) is 3.37. The predicted molar refractivity (Wildman–Crippen MR) is 105 cm³/mol. The minimum absolute atomic E-state index is 0.0791. The summed E-state index contributed by atoms with van der Waals surface area (Å²) in [5.74, 6) is -0.169. The molecule has 0 fully saturated rings. The van der Waals surface area contributed by atoms with Crippen molar-refractivity contribution >= 4 is 33.2 Å². The molecule has 0 aliphatic rings. The fourth-order valence-electron chi connectivity index (χ4n) is 2.45. The van der Waals surface area contributed by atoms with Crippen LogP contribution in [-0.4, -0.2) is 27.4 Å². The van der Waals surface area contributed by atoms with Crippen molar-refractivity contribution in [3.05, 3.63) is 58.6 Å². The molecule has 0 bridgehead atoms. The van der Waals surface area contributed by atoms with E-state index in [2.05, 4.69) is 5.32 Å². The van der Waals surface area contributed by atoms with Crippen LogP contribution in [0.25, 0.3) is 0 Å². The van der Waals surface area contributed by atoms with E-state index >= 15 is 0 Å². The lowest BCUT2D eigenvalue weighted by Gasteiger charge is -2.22. The van der Waals surface area contributed by atoms with Crippen LogP contribution >= 0.6 is 11.6 Å². The smallest absolute Gasteiger partial charge is 0.264 e. The second-order valence-corrected chi connectivity index (χ2v) is 8.62.